The number of nitrogens with zero attached hydrogens (tertiary/aromatic N) is 1. The molecule has 1 heterocycles. The molecule has 1 aliphatic carbocycles. The van der Waals surface area contributed by atoms with Gasteiger partial charge >= 0.3 is 12.0 Å². The second-order valence-corrected chi connectivity index (χ2v) is 7.29. The summed E-state index contributed by atoms with van der Waals surface area (Å²) in [6, 6.07) is 11.9. The van der Waals surface area contributed by atoms with Crippen molar-refractivity contribution in [3.05, 3.63) is 64.7 Å². The number of nitrogens with one attached hydrogen (secondary N) is 1. The Kier molecular flexibility index (Phi) is 4.74. The molecule has 0 bridgehead atoms. The maximum absolute atomic E-state index is 13.4. The Labute approximate surface area is 168 Å². The zero-order chi connectivity index (χ0) is 20.6. The van der Waals surface area contributed by atoms with Crippen LogP contribution >= 0.6 is 0 Å². The predicted molar refractivity (Wildman–Crippen MR) is 104 cm³/mol. The molecule has 7 heteroatoms. The molecule has 7 nitrogen and oxygen atoms in total. The molecule has 1 spiro atoms. The molecule has 0 aromatic heterocycles. The first-order chi connectivity index (χ1) is 14.0. The van der Waals surface area contributed by atoms with Gasteiger partial charge in [0.1, 0.15) is 11.3 Å². The topological polar surface area (TPSA) is 84.9 Å². The number of imide groups is 1. The first kappa shape index (κ1) is 19.0. The Balaban J connectivity index is 1.61. The molecule has 2 aliphatic rings. The zero-order valence-corrected chi connectivity index (χ0v) is 16.4. The molecule has 1 saturated heterocycles. The van der Waals surface area contributed by atoms with E-state index in [0.717, 1.165) is 35.3 Å². The van der Waals surface area contributed by atoms with E-state index in [1.165, 1.54) is 12.0 Å². The van der Waals surface area contributed by atoms with Crippen molar-refractivity contribution < 1.29 is 23.9 Å². The van der Waals surface area contributed by atoms with E-state index in [-0.39, 0.29) is 12.5 Å². The monoisotopic (exact) mass is 394 g/mol. The second kappa shape index (κ2) is 7.24. The molecule has 2 aromatic carbocycles. The number of aryl methyl sites for hydroxylation is 1. The van der Waals surface area contributed by atoms with Gasteiger partial charge in [0.05, 0.1) is 26.3 Å². The summed E-state index contributed by atoms with van der Waals surface area (Å²) in [4.78, 5) is 38.9. The first-order valence-electron chi connectivity index (χ1n) is 9.47. The SMILES string of the molecule is COC(=O)c1ccc(CN2C(=O)N[C@@]3(CCCc4cc(OC)ccc43)C2=O)cc1. The number of esters is 1. The maximum atomic E-state index is 13.4. The minimum atomic E-state index is -1.02. The van der Waals surface area contributed by atoms with Gasteiger partial charge in [0.15, 0.2) is 0 Å². The van der Waals surface area contributed by atoms with Gasteiger partial charge in [-0.1, -0.05) is 18.2 Å². The van der Waals surface area contributed by atoms with Gasteiger partial charge in [0, 0.05) is 0 Å². The molecular weight excluding hydrogens is 372 g/mol. The number of benzene rings is 2. The summed E-state index contributed by atoms with van der Waals surface area (Å²) in [7, 11) is 2.93. The standard InChI is InChI=1S/C22H22N2O5/c1-28-17-9-10-18-16(12-17)4-3-11-22(18)20(26)24(21(27)23-22)13-14-5-7-15(8-6-14)19(25)29-2/h5-10,12H,3-4,11,13H2,1-2H3,(H,23,27)/t22-/m1/s1. The highest BCUT2D eigenvalue weighted by Crippen LogP contribution is 2.41. The van der Waals surface area contributed by atoms with Crippen molar-refractivity contribution in [2.45, 2.75) is 31.3 Å². The fourth-order valence-corrected chi connectivity index (χ4v) is 4.17. The highest BCUT2D eigenvalue weighted by Gasteiger charge is 2.53. The number of rotatable bonds is 4. The number of urea groups is 1. The average Bonchev–Trinajstić information content (AvgIpc) is 2.98. The normalized spacial score (nSPS) is 20.4. The number of carbonyl (C=O) groups excluding carboxylic acids is 3. The largest absolute Gasteiger partial charge is 0.497 e. The summed E-state index contributed by atoms with van der Waals surface area (Å²) < 4.78 is 9.99. The Morgan fingerprint density at radius 1 is 1.14 bits per heavy atom. The third-order valence-corrected chi connectivity index (χ3v) is 5.66. The number of methoxy groups -OCH3 is 2. The molecule has 1 fully saturated rings. The van der Waals surface area contributed by atoms with E-state index in [0.29, 0.717) is 12.0 Å². The number of fused-ring (bicyclic) bond motifs is 2. The summed E-state index contributed by atoms with van der Waals surface area (Å²) >= 11 is 0. The molecule has 0 unspecified atom stereocenters. The zero-order valence-electron chi connectivity index (χ0n) is 16.4. The van der Waals surface area contributed by atoms with E-state index >= 15 is 0 Å². The van der Waals surface area contributed by atoms with Gasteiger partial charge in [0.25, 0.3) is 5.91 Å². The summed E-state index contributed by atoms with van der Waals surface area (Å²) in [6.45, 7) is 0.138. The molecule has 1 aliphatic heterocycles. The van der Waals surface area contributed by atoms with Crippen LogP contribution in [0.2, 0.25) is 0 Å². The van der Waals surface area contributed by atoms with Crippen LogP contribution in [-0.4, -0.2) is 37.0 Å². The van der Waals surface area contributed by atoms with E-state index in [2.05, 4.69) is 5.32 Å². The van der Waals surface area contributed by atoms with Crippen molar-refractivity contribution in [1.29, 1.82) is 0 Å². The van der Waals surface area contributed by atoms with Gasteiger partial charge < -0.3 is 14.8 Å². The van der Waals surface area contributed by atoms with Crippen LogP contribution in [0, 0.1) is 0 Å². The van der Waals surface area contributed by atoms with Gasteiger partial charge in [0.2, 0.25) is 0 Å². The molecule has 4 rings (SSSR count). The van der Waals surface area contributed by atoms with Crippen LogP contribution in [0.3, 0.4) is 0 Å². The van der Waals surface area contributed by atoms with E-state index < -0.39 is 17.5 Å². The highest BCUT2D eigenvalue weighted by molar-refractivity contribution is 6.07. The second-order valence-electron chi connectivity index (χ2n) is 7.29. The molecule has 1 atom stereocenters. The Morgan fingerprint density at radius 2 is 1.90 bits per heavy atom. The molecule has 1 N–H and O–H groups in total. The fourth-order valence-electron chi connectivity index (χ4n) is 4.17. The molecule has 3 amide bonds. The smallest absolute Gasteiger partial charge is 0.337 e. The van der Waals surface area contributed by atoms with E-state index in [1.807, 2.05) is 18.2 Å². The predicted octanol–water partition coefficient (Wildman–Crippen LogP) is 2.77. The van der Waals surface area contributed by atoms with Crippen molar-refractivity contribution in [2.24, 2.45) is 0 Å². The van der Waals surface area contributed by atoms with Gasteiger partial charge in [-0.15, -0.1) is 0 Å². The number of hydrogen-bond donors (Lipinski definition) is 1. The van der Waals surface area contributed by atoms with Crippen LogP contribution in [0.1, 0.15) is 39.9 Å². The average molecular weight is 394 g/mol. The fraction of sp³-hybridized carbons (Fsp3) is 0.318. The molecule has 0 radical (unpaired) electrons. The summed E-state index contributed by atoms with van der Waals surface area (Å²) in [5, 5.41) is 2.94. The van der Waals surface area contributed by atoms with E-state index in [4.69, 9.17) is 9.47 Å². The van der Waals surface area contributed by atoms with E-state index in [1.54, 1.807) is 31.4 Å². The lowest BCUT2D eigenvalue weighted by Crippen LogP contribution is -2.46. The number of amides is 3. The van der Waals surface area contributed by atoms with Crippen LogP contribution in [0.25, 0.3) is 0 Å². The van der Waals surface area contributed by atoms with Crippen molar-refractivity contribution in [1.82, 2.24) is 10.2 Å². The van der Waals surface area contributed by atoms with Crippen LogP contribution in [-0.2, 0) is 28.0 Å². The number of carbonyl (C=O) groups is 3. The van der Waals surface area contributed by atoms with E-state index in [9.17, 15) is 14.4 Å². The quantitative estimate of drug-likeness (QED) is 0.637. The minimum Gasteiger partial charge on any atom is -0.497 e. The molecule has 29 heavy (non-hydrogen) atoms. The molecule has 2 aromatic rings. The first-order valence-corrected chi connectivity index (χ1v) is 9.47. The summed E-state index contributed by atoms with van der Waals surface area (Å²) in [6.07, 6.45) is 2.20. The highest BCUT2D eigenvalue weighted by atomic mass is 16.5. The number of hydrogen-bond acceptors (Lipinski definition) is 5. The molecular formula is C22H22N2O5. The lowest BCUT2D eigenvalue weighted by atomic mass is 9.76. The van der Waals surface area contributed by atoms with Crippen molar-refractivity contribution in [2.75, 3.05) is 14.2 Å². The molecule has 150 valence electrons. The lowest BCUT2D eigenvalue weighted by Gasteiger charge is -2.33. The third-order valence-electron chi connectivity index (χ3n) is 5.66. The van der Waals surface area contributed by atoms with Crippen molar-refractivity contribution in [3.63, 3.8) is 0 Å². The van der Waals surface area contributed by atoms with Crippen molar-refractivity contribution >= 4 is 17.9 Å². The van der Waals surface area contributed by atoms with Gasteiger partial charge in [-0.05, 0) is 60.2 Å². The Bertz CT molecular complexity index is 985. The van der Waals surface area contributed by atoms with Crippen LogP contribution in [0.4, 0.5) is 4.79 Å². The summed E-state index contributed by atoms with van der Waals surface area (Å²) in [5.74, 6) is 0.0607. The lowest BCUT2D eigenvalue weighted by molar-refractivity contribution is -0.132. The van der Waals surface area contributed by atoms with Gasteiger partial charge in [-0.3, -0.25) is 9.69 Å². The van der Waals surface area contributed by atoms with Crippen molar-refractivity contribution in [3.8, 4) is 5.75 Å². The number of ether oxygens (including phenoxy) is 2. The van der Waals surface area contributed by atoms with Gasteiger partial charge in [-0.25, -0.2) is 9.59 Å². The Hall–Kier alpha value is -3.35. The summed E-state index contributed by atoms with van der Waals surface area (Å²) in [5.41, 5.74) is 2.01. The minimum absolute atomic E-state index is 0.138. The third kappa shape index (κ3) is 3.12. The van der Waals surface area contributed by atoms with Crippen LogP contribution < -0.4 is 10.1 Å². The molecule has 0 saturated carbocycles. The van der Waals surface area contributed by atoms with Crippen LogP contribution in [0.15, 0.2) is 42.5 Å². The van der Waals surface area contributed by atoms with Crippen LogP contribution in [0.5, 0.6) is 5.75 Å². The Morgan fingerprint density at radius 3 is 2.59 bits per heavy atom. The van der Waals surface area contributed by atoms with Gasteiger partial charge in [-0.2, -0.15) is 0 Å². The maximum Gasteiger partial charge on any atom is 0.337 e.